The number of aryl methyl sites for hydroxylation is 1. The quantitative estimate of drug-likeness (QED) is 0.685. The topological polar surface area (TPSA) is 64.6 Å². The summed E-state index contributed by atoms with van der Waals surface area (Å²) in [5, 5.41) is 2.45. The highest BCUT2D eigenvalue weighted by Crippen LogP contribution is 2.10. The molecule has 116 valence electrons. The van der Waals surface area contributed by atoms with Gasteiger partial charge in [0, 0.05) is 0 Å². The molecule has 0 atom stereocenters. The van der Waals surface area contributed by atoms with Crippen LogP contribution >= 0.6 is 0 Å². The van der Waals surface area contributed by atoms with Crippen LogP contribution in [-0.4, -0.2) is 30.8 Å². The monoisotopic (exact) mass is 297 g/mol. The van der Waals surface area contributed by atoms with Crippen molar-refractivity contribution in [3.63, 3.8) is 0 Å². The Morgan fingerprint density at radius 1 is 1.29 bits per heavy atom. The standard InChI is InChI=1S/C15H20FNO4/c1-10-5-6-11(9-12(10)16)13(18)20-8-7-17-14(19)21-15(2,3)4/h5-6,9H,7-8H2,1-4H3,(H,17,19). The maximum Gasteiger partial charge on any atom is 0.407 e. The lowest BCUT2D eigenvalue weighted by molar-refractivity contribution is 0.0433. The van der Waals surface area contributed by atoms with E-state index in [4.69, 9.17) is 9.47 Å². The first-order valence-electron chi connectivity index (χ1n) is 6.59. The van der Waals surface area contributed by atoms with Gasteiger partial charge in [-0.15, -0.1) is 0 Å². The van der Waals surface area contributed by atoms with Crippen LogP contribution in [0.1, 0.15) is 36.7 Å². The molecule has 1 aromatic carbocycles. The first-order chi connectivity index (χ1) is 9.69. The molecule has 0 radical (unpaired) electrons. The first-order valence-corrected chi connectivity index (χ1v) is 6.59. The van der Waals surface area contributed by atoms with Gasteiger partial charge in [0.1, 0.15) is 18.0 Å². The van der Waals surface area contributed by atoms with Crippen LogP contribution in [-0.2, 0) is 9.47 Å². The van der Waals surface area contributed by atoms with E-state index >= 15 is 0 Å². The highest BCUT2D eigenvalue weighted by atomic mass is 19.1. The van der Waals surface area contributed by atoms with Gasteiger partial charge in [0.05, 0.1) is 12.1 Å². The normalized spacial score (nSPS) is 10.9. The average molecular weight is 297 g/mol. The molecule has 0 unspecified atom stereocenters. The van der Waals surface area contributed by atoms with Gasteiger partial charge >= 0.3 is 12.1 Å². The summed E-state index contributed by atoms with van der Waals surface area (Å²) in [5.41, 5.74) is 0.00806. The summed E-state index contributed by atoms with van der Waals surface area (Å²) in [6, 6.07) is 4.12. The SMILES string of the molecule is Cc1ccc(C(=O)OCCNC(=O)OC(C)(C)C)cc1F. The Morgan fingerprint density at radius 2 is 1.95 bits per heavy atom. The van der Waals surface area contributed by atoms with Gasteiger partial charge in [-0.2, -0.15) is 0 Å². The van der Waals surface area contributed by atoms with E-state index in [1.165, 1.54) is 12.1 Å². The van der Waals surface area contributed by atoms with E-state index in [0.717, 1.165) is 6.07 Å². The molecule has 21 heavy (non-hydrogen) atoms. The summed E-state index contributed by atoms with van der Waals surface area (Å²) in [6.07, 6.45) is -0.583. The van der Waals surface area contributed by atoms with Gasteiger partial charge in [0.15, 0.2) is 0 Å². The lowest BCUT2D eigenvalue weighted by atomic mass is 10.1. The predicted octanol–water partition coefficient (Wildman–Crippen LogP) is 2.82. The number of carbonyl (C=O) groups is 2. The highest BCUT2D eigenvalue weighted by molar-refractivity contribution is 5.89. The third-order valence-electron chi connectivity index (χ3n) is 2.41. The second-order valence-corrected chi connectivity index (χ2v) is 5.53. The van der Waals surface area contributed by atoms with E-state index in [9.17, 15) is 14.0 Å². The van der Waals surface area contributed by atoms with Gasteiger partial charge in [-0.1, -0.05) is 6.07 Å². The fourth-order valence-electron chi connectivity index (χ4n) is 1.41. The van der Waals surface area contributed by atoms with Crippen LogP contribution in [0.2, 0.25) is 0 Å². The Hall–Kier alpha value is -2.11. The molecule has 1 aromatic rings. The smallest absolute Gasteiger partial charge is 0.407 e. The van der Waals surface area contributed by atoms with E-state index in [0.29, 0.717) is 5.56 Å². The van der Waals surface area contributed by atoms with Crippen molar-refractivity contribution < 1.29 is 23.5 Å². The van der Waals surface area contributed by atoms with Gasteiger partial charge in [-0.05, 0) is 45.4 Å². The Kier molecular flexibility index (Phi) is 5.69. The molecule has 0 aliphatic carbocycles. The van der Waals surface area contributed by atoms with Crippen LogP contribution in [0.25, 0.3) is 0 Å². The number of benzene rings is 1. The van der Waals surface area contributed by atoms with Crippen molar-refractivity contribution in [2.75, 3.05) is 13.2 Å². The van der Waals surface area contributed by atoms with Gasteiger partial charge < -0.3 is 14.8 Å². The Balaban J connectivity index is 2.34. The van der Waals surface area contributed by atoms with Gasteiger partial charge in [0.2, 0.25) is 0 Å². The van der Waals surface area contributed by atoms with Crippen LogP contribution < -0.4 is 5.32 Å². The minimum absolute atomic E-state index is 0.0203. The van der Waals surface area contributed by atoms with Crippen molar-refractivity contribution in [1.29, 1.82) is 0 Å². The summed E-state index contributed by atoms with van der Waals surface area (Å²) in [6.45, 7) is 6.95. The van der Waals surface area contributed by atoms with E-state index in [2.05, 4.69) is 5.32 Å². The summed E-state index contributed by atoms with van der Waals surface area (Å²) in [4.78, 5) is 23.0. The number of hydrogen-bond donors (Lipinski definition) is 1. The van der Waals surface area contributed by atoms with E-state index < -0.39 is 23.5 Å². The molecular weight excluding hydrogens is 277 g/mol. The third-order valence-corrected chi connectivity index (χ3v) is 2.41. The predicted molar refractivity (Wildman–Crippen MR) is 75.7 cm³/mol. The fourth-order valence-corrected chi connectivity index (χ4v) is 1.41. The molecule has 0 aromatic heterocycles. The molecule has 0 fully saturated rings. The Labute approximate surface area is 123 Å². The fraction of sp³-hybridized carbons (Fsp3) is 0.467. The molecule has 1 rings (SSSR count). The minimum atomic E-state index is -0.639. The lowest BCUT2D eigenvalue weighted by Crippen LogP contribution is -2.34. The molecule has 0 saturated carbocycles. The number of hydrogen-bond acceptors (Lipinski definition) is 4. The molecule has 0 aliphatic rings. The highest BCUT2D eigenvalue weighted by Gasteiger charge is 2.15. The zero-order chi connectivity index (χ0) is 16.0. The average Bonchev–Trinajstić information content (AvgIpc) is 2.35. The molecular formula is C15H20FNO4. The number of esters is 1. The van der Waals surface area contributed by atoms with E-state index in [1.54, 1.807) is 27.7 Å². The van der Waals surface area contributed by atoms with Gasteiger partial charge in [-0.3, -0.25) is 0 Å². The number of amides is 1. The second-order valence-electron chi connectivity index (χ2n) is 5.53. The van der Waals surface area contributed by atoms with Crippen LogP contribution in [0.15, 0.2) is 18.2 Å². The molecule has 5 nitrogen and oxygen atoms in total. The van der Waals surface area contributed by atoms with E-state index in [-0.39, 0.29) is 18.7 Å². The van der Waals surface area contributed by atoms with Crippen LogP contribution in [0, 0.1) is 12.7 Å². The maximum atomic E-state index is 13.3. The summed E-state index contributed by atoms with van der Waals surface area (Å²) < 4.78 is 23.3. The summed E-state index contributed by atoms with van der Waals surface area (Å²) in [5.74, 6) is -1.10. The van der Waals surface area contributed by atoms with Crippen LogP contribution in [0.4, 0.5) is 9.18 Å². The molecule has 0 aliphatic heterocycles. The molecule has 0 spiro atoms. The second kappa shape index (κ2) is 7.06. The number of halogens is 1. The zero-order valence-electron chi connectivity index (χ0n) is 12.7. The van der Waals surface area contributed by atoms with Gasteiger partial charge in [0.25, 0.3) is 0 Å². The van der Waals surface area contributed by atoms with E-state index in [1.807, 2.05) is 0 Å². The van der Waals surface area contributed by atoms with Crippen molar-refractivity contribution in [2.45, 2.75) is 33.3 Å². The molecule has 0 saturated heterocycles. The van der Waals surface area contributed by atoms with Crippen molar-refractivity contribution >= 4 is 12.1 Å². The number of ether oxygens (including phenoxy) is 2. The number of carbonyl (C=O) groups excluding carboxylic acids is 2. The summed E-state index contributed by atoms with van der Waals surface area (Å²) >= 11 is 0. The van der Waals surface area contributed by atoms with Crippen molar-refractivity contribution in [1.82, 2.24) is 5.32 Å². The Morgan fingerprint density at radius 3 is 2.52 bits per heavy atom. The third kappa shape index (κ3) is 6.25. The first kappa shape index (κ1) is 16.9. The molecule has 0 heterocycles. The lowest BCUT2D eigenvalue weighted by Gasteiger charge is -2.19. The van der Waals surface area contributed by atoms with Crippen molar-refractivity contribution in [3.05, 3.63) is 35.1 Å². The largest absolute Gasteiger partial charge is 0.460 e. The number of alkyl carbamates (subject to hydrolysis) is 1. The number of rotatable bonds is 4. The Bertz CT molecular complexity index is 523. The number of nitrogens with one attached hydrogen (secondary N) is 1. The molecule has 1 N–H and O–H groups in total. The molecule has 1 amide bonds. The summed E-state index contributed by atoms with van der Waals surface area (Å²) in [7, 11) is 0. The molecule has 6 heteroatoms. The van der Waals surface area contributed by atoms with Crippen LogP contribution in [0.5, 0.6) is 0 Å². The molecule has 0 bridgehead atoms. The van der Waals surface area contributed by atoms with Crippen LogP contribution in [0.3, 0.4) is 0 Å². The van der Waals surface area contributed by atoms with Gasteiger partial charge in [-0.25, -0.2) is 14.0 Å². The minimum Gasteiger partial charge on any atom is -0.460 e. The van der Waals surface area contributed by atoms with Crippen molar-refractivity contribution in [2.24, 2.45) is 0 Å². The zero-order valence-corrected chi connectivity index (χ0v) is 12.7. The van der Waals surface area contributed by atoms with Crippen molar-refractivity contribution in [3.8, 4) is 0 Å². The maximum absolute atomic E-state index is 13.3.